The van der Waals surface area contributed by atoms with Crippen LogP contribution in [0.1, 0.15) is 18.4 Å². The van der Waals surface area contributed by atoms with Gasteiger partial charge in [-0.25, -0.2) is 0 Å². The van der Waals surface area contributed by atoms with Crippen molar-refractivity contribution in [3.8, 4) is 11.5 Å². The number of likely N-dealkylation sites (tertiary alicyclic amines) is 1. The summed E-state index contributed by atoms with van der Waals surface area (Å²) in [6.07, 6.45) is 1.84. The number of alkyl halides is 2. The Balaban J connectivity index is 2.06. The normalized spacial score (nSPS) is 17.2. The van der Waals surface area contributed by atoms with Gasteiger partial charge >= 0.3 is 6.61 Å². The van der Waals surface area contributed by atoms with Gasteiger partial charge in [0.2, 0.25) is 0 Å². The molecule has 2 rings (SSSR count). The van der Waals surface area contributed by atoms with Crippen molar-refractivity contribution in [1.29, 1.82) is 0 Å². The van der Waals surface area contributed by atoms with E-state index in [2.05, 4.69) is 9.64 Å². The summed E-state index contributed by atoms with van der Waals surface area (Å²) in [5, 5.41) is 9.14. The third-order valence-electron chi connectivity index (χ3n) is 3.84. The van der Waals surface area contributed by atoms with Gasteiger partial charge in [0.25, 0.3) is 0 Å². The fourth-order valence-electron chi connectivity index (χ4n) is 2.59. The monoisotopic (exact) mass is 301 g/mol. The van der Waals surface area contributed by atoms with Crippen molar-refractivity contribution in [3.63, 3.8) is 0 Å². The molecule has 0 spiro atoms. The van der Waals surface area contributed by atoms with Gasteiger partial charge < -0.3 is 14.6 Å². The Morgan fingerprint density at radius 1 is 1.33 bits per heavy atom. The standard InChI is InChI=1S/C15H21F2NO3/c1-20-13-2-3-14(21-15(16)17)12(8-13)9-18-6-4-11(10-19)5-7-18/h2-3,8,11,15,19H,4-7,9-10H2,1H3. The summed E-state index contributed by atoms with van der Waals surface area (Å²) in [6, 6.07) is 4.86. The molecule has 1 aromatic rings. The Labute approximate surface area is 123 Å². The van der Waals surface area contributed by atoms with Gasteiger partial charge in [0.15, 0.2) is 0 Å². The van der Waals surface area contributed by atoms with Crippen LogP contribution in [0, 0.1) is 5.92 Å². The Morgan fingerprint density at radius 2 is 2.05 bits per heavy atom. The molecule has 21 heavy (non-hydrogen) atoms. The summed E-state index contributed by atoms with van der Waals surface area (Å²) in [7, 11) is 1.54. The van der Waals surface area contributed by atoms with Gasteiger partial charge in [-0.15, -0.1) is 0 Å². The van der Waals surface area contributed by atoms with Crippen LogP contribution < -0.4 is 9.47 Å². The molecular weight excluding hydrogens is 280 g/mol. The first kappa shape index (κ1) is 16.0. The van der Waals surface area contributed by atoms with Crippen molar-refractivity contribution in [2.45, 2.75) is 26.0 Å². The molecule has 118 valence electrons. The van der Waals surface area contributed by atoms with Crippen LogP contribution in [0.25, 0.3) is 0 Å². The summed E-state index contributed by atoms with van der Waals surface area (Å²) in [5.41, 5.74) is 0.692. The molecule has 1 aliphatic heterocycles. The topological polar surface area (TPSA) is 41.9 Å². The molecule has 1 fully saturated rings. The number of benzene rings is 1. The van der Waals surface area contributed by atoms with Crippen molar-refractivity contribution < 1.29 is 23.4 Å². The highest BCUT2D eigenvalue weighted by Gasteiger charge is 2.20. The van der Waals surface area contributed by atoms with E-state index in [9.17, 15) is 8.78 Å². The molecule has 0 radical (unpaired) electrons. The zero-order valence-corrected chi connectivity index (χ0v) is 12.1. The first-order valence-electron chi connectivity index (χ1n) is 7.07. The molecule has 4 nitrogen and oxygen atoms in total. The second-order valence-electron chi connectivity index (χ2n) is 5.25. The van der Waals surface area contributed by atoms with Gasteiger partial charge in [0.05, 0.1) is 7.11 Å². The first-order chi connectivity index (χ1) is 10.1. The van der Waals surface area contributed by atoms with E-state index >= 15 is 0 Å². The molecule has 1 heterocycles. The van der Waals surface area contributed by atoms with Crippen LogP contribution in [0.5, 0.6) is 11.5 Å². The van der Waals surface area contributed by atoms with Crippen LogP contribution in [0.4, 0.5) is 8.78 Å². The fourth-order valence-corrected chi connectivity index (χ4v) is 2.59. The van der Waals surface area contributed by atoms with Crippen LogP contribution in [-0.4, -0.2) is 43.4 Å². The number of methoxy groups -OCH3 is 1. The molecule has 0 unspecified atom stereocenters. The summed E-state index contributed by atoms with van der Waals surface area (Å²) in [6.45, 7) is -0.394. The second-order valence-corrected chi connectivity index (χ2v) is 5.25. The Bertz CT molecular complexity index is 449. The van der Waals surface area contributed by atoms with Crippen molar-refractivity contribution in [1.82, 2.24) is 4.90 Å². The predicted molar refractivity (Wildman–Crippen MR) is 74.7 cm³/mol. The van der Waals surface area contributed by atoms with Gasteiger partial charge in [-0.1, -0.05) is 0 Å². The van der Waals surface area contributed by atoms with Crippen molar-refractivity contribution >= 4 is 0 Å². The lowest BCUT2D eigenvalue weighted by molar-refractivity contribution is -0.0509. The molecule has 0 aliphatic carbocycles. The van der Waals surface area contributed by atoms with E-state index in [-0.39, 0.29) is 12.4 Å². The number of ether oxygens (including phenoxy) is 2. The number of aliphatic hydroxyl groups is 1. The Kier molecular flexibility index (Phi) is 5.76. The fraction of sp³-hybridized carbons (Fsp3) is 0.600. The van der Waals surface area contributed by atoms with Crippen LogP contribution in [0.3, 0.4) is 0 Å². The molecule has 0 bridgehead atoms. The Morgan fingerprint density at radius 3 is 2.62 bits per heavy atom. The third kappa shape index (κ3) is 4.54. The average molecular weight is 301 g/mol. The van der Waals surface area contributed by atoms with E-state index in [0.29, 0.717) is 23.8 Å². The molecule has 1 saturated heterocycles. The first-order valence-corrected chi connectivity index (χ1v) is 7.07. The maximum atomic E-state index is 12.5. The van der Waals surface area contributed by atoms with E-state index in [1.54, 1.807) is 19.2 Å². The van der Waals surface area contributed by atoms with Crippen LogP contribution >= 0.6 is 0 Å². The molecule has 1 aliphatic rings. The minimum absolute atomic E-state index is 0.190. The predicted octanol–water partition coefficient (Wildman–Crippen LogP) is 2.50. The molecule has 1 aromatic carbocycles. The van der Waals surface area contributed by atoms with Crippen molar-refractivity contribution in [3.05, 3.63) is 23.8 Å². The summed E-state index contributed by atoms with van der Waals surface area (Å²) >= 11 is 0. The molecule has 0 amide bonds. The number of aliphatic hydroxyl groups excluding tert-OH is 1. The number of piperidine rings is 1. The van der Waals surface area contributed by atoms with E-state index < -0.39 is 6.61 Å². The van der Waals surface area contributed by atoms with Gasteiger partial charge in [0, 0.05) is 18.7 Å². The third-order valence-corrected chi connectivity index (χ3v) is 3.84. The maximum absolute atomic E-state index is 12.5. The number of hydrogen-bond acceptors (Lipinski definition) is 4. The largest absolute Gasteiger partial charge is 0.497 e. The summed E-state index contributed by atoms with van der Waals surface area (Å²) in [4.78, 5) is 2.18. The van der Waals surface area contributed by atoms with Crippen LogP contribution in [0.2, 0.25) is 0 Å². The summed E-state index contributed by atoms with van der Waals surface area (Å²) < 4.78 is 34.6. The smallest absolute Gasteiger partial charge is 0.387 e. The van der Waals surface area contributed by atoms with Crippen molar-refractivity contribution in [2.75, 3.05) is 26.8 Å². The van der Waals surface area contributed by atoms with Gasteiger partial charge in [-0.05, 0) is 50.0 Å². The minimum atomic E-state index is -2.84. The number of halogens is 2. The quantitative estimate of drug-likeness (QED) is 0.876. The minimum Gasteiger partial charge on any atom is -0.497 e. The summed E-state index contributed by atoms with van der Waals surface area (Å²) in [5.74, 6) is 1.16. The van der Waals surface area contributed by atoms with Gasteiger partial charge in [0.1, 0.15) is 11.5 Å². The molecule has 1 N–H and O–H groups in total. The molecule has 0 aromatic heterocycles. The highest BCUT2D eigenvalue weighted by atomic mass is 19.3. The lowest BCUT2D eigenvalue weighted by Crippen LogP contribution is -2.34. The Hall–Kier alpha value is -1.40. The lowest BCUT2D eigenvalue weighted by atomic mass is 9.97. The van der Waals surface area contributed by atoms with E-state index in [4.69, 9.17) is 9.84 Å². The molecule has 0 atom stereocenters. The molecular formula is C15H21F2NO3. The lowest BCUT2D eigenvalue weighted by Gasteiger charge is -2.31. The number of rotatable bonds is 6. The SMILES string of the molecule is COc1ccc(OC(F)F)c(CN2CCC(CO)CC2)c1. The van der Waals surface area contributed by atoms with Crippen LogP contribution in [0.15, 0.2) is 18.2 Å². The van der Waals surface area contributed by atoms with E-state index in [1.165, 1.54) is 6.07 Å². The van der Waals surface area contributed by atoms with Gasteiger partial charge in [-0.2, -0.15) is 8.78 Å². The number of hydrogen-bond donors (Lipinski definition) is 1. The van der Waals surface area contributed by atoms with E-state index in [1.807, 2.05) is 0 Å². The second kappa shape index (κ2) is 7.56. The van der Waals surface area contributed by atoms with E-state index in [0.717, 1.165) is 25.9 Å². The average Bonchev–Trinajstić information content (AvgIpc) is 2.49. The van der Waals surface area contributed by atoms with Gasteiger partial charge in [-0.3, -0.25) is 4.90 Å². The zero-order chi connectivity index (χ0) is 15.2. The highest BCUT2D eigenvalue weighted by Crippen LogP contribution is 2.28. The maximum Gasteiger partial charge on any atom is 0.387 e. The zero-order valence-electron chi connectivity index (χ0n) is 12.1. The molecule has 6 heteroatoms. The van der Waals surface area contributed by atoms with Crippen molar-refractivity contribution in [2.24, 2.45) is 5.92 Å². The van der Waals surface area contributed by atoms with Crippen LogP contribution in [-0.2, 0) is 6.54 Å². The molecule has 0 saturated carbocycles. The highest BCUT2D eigenvalue weighted by molar-refractivity contribution is 5.40. The number of nitrogens with zero attached hydrogens (tertiary/aromatic N) is 1.